The lowest BCUT2D eigenvalue weighted by Gasteiger charge is -2.01. The van der Waals surface area contributed by atoms with Gasteiger partial charge in [0.15, 0.2) is 5.82 Å². The van der Waals surface area contributed by atoms with E-state index in [0.29, 0.717) is 0 Å². The van der Waals surface area contributed by atoms with Crippen molar-refractivity contribution in [2.75, 3.05) is 11.9 Å². The molecule has 1 aromatic heterocycles. The minimum Gasteiger partial charge on any atom is -0.368 e. The zero-order valence-corrected chi connectivity index (χ0v) is 11.9. The van der Waals surface area contributed by atoms with Crippen LogP contribution in [0.15, 0.2) is 12.1 Å². The van der Waals surface area contributed by atoms with Gasteiger partial charge in [-0.05, 0) is 25.5 Å². The molecule has 94 valence electrons. The number of hydrogen-bond acceptors (Lipinski definition) is 2. The number of fused-ring (bicyclic) bond motifs is 1. The first kappa shape index (κ1) is 13.8. The van der Waals surface area contributed by atoms with Gasteiger partial charge in [-0.3, -0.25) is 4.68 Å². The molecule has 3 nitrogen and oxygen atoms in total. The molecule has 1 aromatic carbocycles. The molecule has 2 aromatic rings. The smallest absolute Gasteiger partial charge is 0.157 e. The van der Waals surface area contributed by atoms with Gasteiger partial charge in [0.1, 0.15) is 0 Å². The molecule has 0 bridgehead atoms. The number of anilines is 1. The van der Waals surface area contributed by atoms with Crippen molar-refractivity contribution in [2.45, 2.75) is 27.7 Å². The Bertz CT molecular complexity index is 503. The molecule has 0 unspecified atom stereocenters. The second-order valence-corrected chi connectivity index (χ2v) is 4.00. The third-order valence-electron chi connectivity index (χ3n) is 2.48. The topological polar surface area (TPSA) is 29.9 Å². The minimum atomic E-state index is 0.750. The fourth-order valence-corrected chi connectivity index (χ4v) is 2.10. The molecular formula is C13H20ClN3. The van der Waals surface area contributed by atoms with Crippen molar-refractivity contribution < 1.29 is 0 Å². The minimum absolute atomic E-state index is 0.750. The molecule has 1 heterocycles. The predicted octanol–water partition coefficient (Wildman–Crippen LogP) is 3.99. The Kier molecular flexibility index (Phi) is 4.82. The number of hydrogen-bond donors (Lipinski definition) is 1. The third kappa shape index (κ3) is 2.55. The van der Waals surface area contributed by atoms with Crippen LogP contribution >= 0.6 is 11.6 Å². The first-order valence-electron chi connectivity index (χ1n) is 6.00. The lowest BCUT2D eigenvalue weighted by Crippen LogP contribution is -1.98. The van der Waals surface area contributed by atoms with Gasteiger partial charge in [-0.25, -0.2) is 0 Å². The molecule has 17 heavy (non-hydrogen) atoms. The van der Waals surface area contributed by atoms with E-state index in [2.05, 4.69) is 17.3 Å². The summed E-state index contributed by atoms with van der Waals surface area (Å²) in [7, 11) is 1.94. The maximum Gasteiger partial charge on any atom is 0.157 e. The third-order valence-corrected chi connectivity index (χ3v) is 2.80. The Balaban J connectivity index is 0.000000686. The highest BCUT2D eigenvalue weighted by Crippen LogP contribution is 2.31. The average Bonchev–Trinajstić information content (AvgIpc) is 2.66. The van der Waals surface area contributed by atoms with Gasteiger partial charge in [0.2, 0.25) is 0 Å². The molecule has 4 heteroatoms. The van der Waals surface area contributed by atoms with Crippen LogP contribution in [-0.4, -0.2) is 16.3 Å². The average molecular weight is 254 g/mol. The van der Waals surface area contributed by atoms with Gasteiger partial charge in [-0.1, -0.05) is 31.5 Å². The molecule has 0 saturated heterocycles. The molecule has 0 aliphatic carbocycles. The van der Waals surface area contributed by atoms with Gasteiger partial charge in [0.25, 0.3) is 0 Å². The van der Waals surface area contributed by atoms with Gasteiger partial charge in [-0.15, -0.1) is 0 Å². The predicted molar refractivity (Wildman–Crippen MR) is 76.0 cm³/mol. The van der Waals surface area contributed by atoms with E-state index in [0.717, 1.165) is 28.3 Å². The molecule has 0 amide bonds. The summed E-state index contributed by atoms with van der Waals surface area (Å²) in [6.45, 7) is 8.96. The fraction of sp³-hybridized carbons (Fsp3) is 0.462. The number of aryl methyl sites for hydroxylation is 2. The summed E-state index contributed by atoms with van der Waals surface area (Å²) in [5, 5.41) is 9.41. The number of rotatable bonds is 2. The zero-order valence-electron chi connectivity index (χ0n) is 11.1. The van der Waals surface area contributed by atoms with Crippen molar-refractivity contribution in [1.29, 1.82) is 0 Å². The zero-order chi connectivity index (χ0) is 13.0. The van der Waals surface area contributed by atoms with Crippen LogP contribution in [-0.2, 0) is 7.05 Å². The first-order chi connectivity index (χ1) is 8.15. The van der Waals surface area contributed by atoms with E-state index in [1.165, 1.54) is 5.56 Å². The Morgan fingerprint density at radius 3 is 2.59 bits per heavy atom. The summed E-state index contributed by atoms with van der Waals surface area (Å²) >= 11 is 6.19. The summed E-state index contributed by atoms with van der Waals surface area (Å²) in [5.74, 6) is 0.865. The van der Waals surface area contributed by atoms with E-state index in [1.807, 2.05) is 44.6 Å². The second-order valence-electron chi connectivity index (χ2n) is 3.59. The highest BCUT2D eigenvalue weighted by atomic mass is 35.5. The Morgan fingerprint density at radius 2 is 2.00 bits per heavy atom. The van der Waals surface area contributed by atoms with E-state index >= 15 is 0 Å². The summed E-state index contributed by atoms with van der Waals surface area (Å²) < 4.78 is 1.87. The van der Waals surface area contributed by atoms with Crippen LogP contribution in [0.2, 0.25) is 5.02 Å². The van der Waals surface area contributed by atoms with Gasteiger partial charge in [-0.2, -0.15) is 5.10 Å². The van der Waals surface area contributed by atoms with E-state index in [4.69, 9.17) is 11.6 Å². The number of nitrogens with one attached hydrogen (secondary N) is 1. The molecule has 0 radical (unpaired) electrons. The molecular weight excluding hydrogens is 234 g/mol. The van der Waals surface area contributed by atoms with Crippen molar-refractivity contribution >= 4 is 28.3 Å². The lowest BCUT2D eigenvalue weighted by atomic mass is 10.1. The number of aromatic nitrogens is 2. The molecule has 0 aliphatic rings. The van der Waals surface area contributed by atoms with Crippen molar-refractivity contribution in [3.05, 3.63) is 22.7 Å². The Hall–Kier alpha value is -1.22. The van der Waals surface area contributed by atoms with Gasteiger partial charge < -0.3 is 5.32 Å². The van der Waals surface area contributed by atoms with Crippen LogP contribution in [0.4, 0.5) is 5.82 Å². The van der Waals surface area contributed by atoms with E-state index in [1.54, 1.807) is 0 Å². The number of benzene rings is 1. The van der Waals surface area contributed by atoms with Crippen LogP contribution in [0.3, 0.4) is 0 Å². The fourth-order valence-electron chi connectivity index (χ4n) is 1.85. The van der Waals surface area contributed by atoms with Crippen molar-refractivity contribution in [3.63, 3.8) is 0 Å². The van der Waals surface area contributed by atoms with Crippen molar-refractivity contribution in [3.8, 4) is 0 Å². The summed E-state index contributed by atoms with van der Waals surface area (Å²) in [4.78, 5) is 0. The van der Waals surface area contributed by atoms with Gasteiger partial charge >= 0.3 is 0 Å². The molecule has 0 saturated carbocycles. The highest BCUT2D eigenvalue weighted by molar-refractivity contribution is 6.36. The number of halogens is 1. The monoisotopic (exact) mass is 253 g/mol. The van der Waals surface area contributed by atoms with Gasteiger partial charge in [0.05, 0.1) is 15.9 Å². The summed E-state index contributed by atoms with van der Waals surface area (Å²) in [6, 6.07) is 3.93. The molecule has 0 spiro atoms. The lowest BCUT2D eigenvalue weighted by molar-refractivity contribution is 0.796. The van der Waals surface area contributed by atoms with E-state index < -0.39 is 0 Å². The van der Waals surface area contributed by atoms with Crippen LogP contribution in [0.5, 0.6) is 0 Å². The largest absolute Gasteiger partial charge is 0.368 e. The highest BCUT2D eigenvalue weighted by Gasteiger charge is 2.12. The second kappa shape index (κ2) is 5.92. The van der Waals surface area contributed by atoms with E-state index in [9.17, 15) is 0 Å². The standard InChI is InChI=1S/C11H14ClN3.C2H6/c1-4-13-11-9-8(12)6-5-7(2)10(9)15(3)14-11;1-2/h5-6H,4H2,1-3H3,(H,13,14);1-2H3. The van der Waals surface area contributed by atoms with Crippen LogP contribution in [0.25, 0.3) is 10.9 Å². The normalized spacial score (nSPS) is 10.0. The molecule has 0 aliphatic heterocycles. The van der Waals surface area contributed by atoms with Gasteiger partial charge in [0, 0.05) is 13.6 Å². The Morgan fingerprint density at radius 1 is 1.35 bits per heavy atom. The molecule has 0 fully saturated rings. The molecule has 0 atom stereocenters. The first-order valence-corrected chi connectivity index (χ1v) is 6.38. The Labute approximate surface area is 108 Å². The molecule has 2 rings (SSSR count). The van der Waals surface area contributed by atoms with Crippen LogP contribution in [0.1, 0.15) is 26.3 Å². The molecule has 1 N–H and O–H groups in total. The summed E-state index contributed by atoms with van der Waals surface area (Å²) in [5.41, 5.74) is 2.28. The van der Waals surface area contributed by atoms with Crippen molar-refractivity contribution in [1.82, 2.24) is 9.78 Å². The van der Waals surface area contributed by atoms with Crippen LogP contribution < -0.4 is 5.32 Å². The SMILES string of the molecule is CC.CCNc1nn(C)c2c(C)ccc(Cl)c12. The van der Waals surface area contributed by atoms with Crippen LogP contribution in [0, 0.1) is 6.92 Å². The van der Waals surface area contributed by atoms with E-state index in [-0.39, 0.29) is 0 Å². The maximum absolute atomic E-state index is 6.19. The summed E-state index contributed by atoms with van der Waals surface area (Å²) in [6.07, 6.45) is 0. The number of nitrogens with zero attached hydrogens (tertiary/aromatic N) is 2. The quantitative estimate of drug-likeness (QED) is 0.877. The van der Waals surface area contributed by atoms with Crippen molar-refractivity contribution in [2.24, 2.45) is 7.05 Å². The maximum atomic E-state index is 6.19.